The summed E-state index contributed by atoms with van der Waals surface area (Å²) in [6, 6.07) is 59.7. The maximum absolute atomic E-state index is 16.0. The van der Waals surface area contributed by atoms with E-state index in [0.29, 0.717) is 0 Å². The van der Waals surface area contributed by atoms with Gasteiger partial charge in [0.05, 0.1) is 0 Å². The van der Waals surface area contributed by atoms with Gasteiger partial charge < -0.3 is 12.4 Å². The molecule has 0 atom stereocenters. The van der Waals surface area contributed by atoms with E-state index in [1.807, 2.05) is 182 Å². The van der Waals surface area contributed by atoms with E-state index in [2.05, 4.69) is 0 Å². The first-order chi connectivity index (χ1) is 28.6. The summed E-state index contributed by atoms with van der Waals surface area (Å²) in [6.07, 6.45) is 8.37. The van der Waals surface area contributed by atoms with Crippen LogP contribution in [0, 0.1) is 0 Å². The second kappa shape index (κ2) is 17.9. The van der Waals surface area contributed by atoms with Gasteiger partial charge in [0.1, 0.15) is 0 Å². The van der Waals surface area contributed by atoms with Crippen molar-refractivity contribution in [3.63, 3.8) is 0 Å². The summed E-state index contributed by atoms with van der Waals surface area (Å²) < 4.78 is 14.3. The quantitative estimate of drug-likeness (QED) is 0.0967. The molecule has 0 heterocycles. The molecular weight excluding hydrogens is 784 g/mol. The molecule has 0 saturated carbocycles. The van der Waals surface area contributed by atoms with Gasteiger partial charge in [-0.2, -0.15) is 0 Å². The van der Waals surface area contributed by atoms with Gasteiger partial charge in [-0.15, -0.1) is 0 Å². The molecule has 0 aromatic heterocycles. The van der Waals surface area contributed by atoms with Crippen molar-refractivity contribution in [2.75, 3.05) is 0 Å². The van der Waals surface area contributed by atoms with Crippen molar-refractivity contribution >= 4 is 11.9 Å². The SMILES string of the molecule is O=C([O][Ti+]([O]C(=O)C(c1ccccc1)(c1ccccc1)c1ccccc1)[CH]1C2=C(CCCC2)C2=C1CCCC2)C(c1ccccc1)(c1ccccc1)c1ccccc1.[Cl-]. The molecule has 9 rings (SSSR count). The second-order valence-electron chi connectivity index (χ2n) is 15.6. The summed E-state index contributed by atoms with van der Waals surface area (Å²) in [5.41, 5.74) is 7.76. The van der Waals surface area contributed by atoms with Gasteiger partial charge in [-0.1, -0.05) is 0 Å². The molecule has 0 radical (unpaired) electrons. The summed E-state index contributed by atoms with van der Waals surface area (Å²) in [6.45, 7) is 0. The number of benzene rings is 6. The van der Waals surface area contributed by atoms with Crippen molar-refractivity contribution in [1.29, 1.82) is 0 Å². The largest absolute Gasteiger partial charge is 1.00 e. The number of fused-ring (bicyclic) bond motifs is 1. The third-order valence-electron chi connectivity index (χ3n) is 12.6. The molecule has 3 aliphatic carbocycles. The van der Waals surface area contributed by atoms with Crippen molar-refractivity contribution in [3.05, 3.63) is 238 Å². The molecule has 0 aliphatic heterocycles. The first-order valence-corrected chi connectivity index (χ1v) is 22.9. The maximum atomic E-state index is 16.0. The summed E-state index contributed by atoms with van der Waals surface area (Å²) >= 11 is -3.77. The van der Waals surface area contributed by atoms with Crippen LogP contribution in [-0.2, 0) is 45.7 Å². The average molecular weight is 831 g/mol. The molecule has 294 valence electrons. The fourth-order valence-corrected chi connectivity index (χ4v) is 13.4. The normalized spacial score (nSPS) is 15.4. The molecule has 0 N–H and O–H groups in total. The Kier molecular flexibility index (Phi) is 12.3. The Morgan fingerprint density at radius 3 is 0.881 bits per heavy atom. The van der Waals surface area contributed by atoms with Crippen molar-refractivity contribution < 1.29 is 47.3 Å². The van der Waals surface area contributed by atoms with Crippen molar-refractivity contribution in [3.8, 4) is 0 Å². The van der Waals surface area contributed by atoms with E-state index in [1.165, 1.54) is 22.3 Å². The van der Waals surface area contributed by atoms with E-state index >= 15 is 9.59 Å². The fraction of sp³-hybridized carbons (Fsp3) is 0.208. The third-order valence-corrected chi connectivity index (χ3v) is 15.6. The van der Waals surface area contributed by atoms with Crippen LogP contribution in [0.2, 0.25) is 4.22 Å². The second-order valence-corrected chi connectivity index (χ2v) is 18.2. The predicted octanol–water partition coefficient (Wildman–Crippen LogP) is 9.14. The fourth-order valence-electron chi connectivity index (χ4n) is 9.99. The van der Waals surface area contributed by atoms with Gasteiger partial charge in [0.15, 0.2) is 0 Å². The first-order valence-electron chi connectivity index (χ1n) is 20.7. The predicted molar refractivity (Wildman–Crippen MR) is 225 cm³/mol. The molecule has 0 bridgehead atoms. The van der Waals surface area contributed by atoms with Crippen LogP contribution in [0.1, 0.15) is 84.7 Å². The average Bonchev–Trinajstić information content (AvgIpc) is 3.63. The topological polar surface area (TPSA) is 52.6 Å². The number of halogens is 1. The summed E-state index contributed by atoms with van der Waals surface area (Å²) in [7, 11) is 0. The van der Waals surface area contributed by atoms with Crippen LogP contribution in [0.25, 0.3) is 0 Å². The van der Waals surface area contributed by atoms with Gasteiger partial charge in [-0.3, -0.25) is 0 Å². The number of hydrogen-bond donors (Lipinski definition) is 0. The Morgan fingerprint density at radius 2 is 0.627 bits per heavy atom. The van der Waals surface area contributed by atoms with E-state index in [9.17, 15) is 0 Å². The molecule has 6 aromatic carbocycles. The van der Waals surface area contributed by atoms with Crippen LogP contribution in [0.4, 0.5) is 0 Å². The molecule has 59 heavy (non-hydrogen) atoms. The molecule has 0 spiro atoms. The van der Waals surface area contributed by atoms with Crippen molar-refractivity contribution in [1.82, 2.24) is 0 Å². The Labute approximate surface area is 361 Å². The molecule has 0 saturated heterocycles. The van der Waals surface area contributed by atoms with Gasteiger partial charge in [-0.05, 0) is 0 Å². The Bertz CT molecular complexity index is 2070. The number of allylic oxidation sites excluding steroid dienone is 4. The smallest absolute Gasteiger partial charge is 1.00 e. The van der Waals surface area contributed by atoms with E-state index in [0.717, 1.165) is 84.7 Å². The number of carbonyl (C=O) groups excluding carboxylic acids is 2. The molecular formula is C53H47ClO4Ti. The number of hydrogen-bond acceptors (Lipinski definition) is 4. The summed E-state index contributed by atoms with van der Waals surface area (Å²) in [5.74, 6) is -0.821. The Balaban J connectivity index is 0.00000484. The van der Waals surface area contributed by atoms with Crippen LogP contribution < -0.4 is 12.4 Å². The van der Waals surface area contributed by atoms with Crippen LogP contribution in [-0.4, -0.2) is 11.9 Å². The van der Waals surface area contributed by atoms with Crippen LogP contribution in [0.15, 0.2) is 204 Å². The molecule has 4 nitrogen and oxygen atoms in total. The van der Waals surface area contributed by atoms with Crippen molar-refractivity contribution in [2.45, 2.75) is 66.4 Å². The van der Waals surface area contributed by atoms with Crippen molar-refractivity contribution in [2.24, 2.45) is 0 Å². The van der Waals surface area contributed by atoms with E-state index < -0.39 is 41.4 Å². The van der Waals surface area contributed by atoms with E-state index in [-0.39, 0.29) is 16.6 Å². The van der Waals surface area contributed by atoms with Gasteiger partial charge in [-0.25, -0.2) is 0 Å². The molecule has 0 amide bonds. The molecule has 6 aromatic rings. The molecule has 0 fully saturated rings. The van der Waals surface area contributed by atoms with Crippen LogP contribution in [0.3, 0.4) is 0 Å². The van der Waals surface area contributed by atoms with E-state index in [1.54, 1.807) is 0 Å². The summed E-state index contributed by atoms with van der Waals surface area (Å²) in [4.78, 5) is 32.0. The minimum atomic E-state index is -3.77. The maximum Gasteiger partial charge on any atom is -1.00 e. The monoisotopic (exact) mass is 830 g/mol. The molecule has 0 unspecified atom stereocenters. The van der Waals surface area contributed by atoms with Gasteiger partial charge in [0, 0.05) is 0 Å². The Hall–Kier alpha value is -5.26. The number of rotatable bonds is 11. The minimum absolute atomic E-state index is 0. The standard InChI is InChI=1S/2C20H16O2.C13H17.ClH.Ti/c2*21-19(22)20(16-10-4-1-5-11-16,17-12-6-2-7-13-17)18-14-8-3-9-15-18;1-3-7-12-10(5-1)9-11-6-2-4-8-13(11)12;;/h2*1-15H,(H,21,22);9H,1-8H2;1H;/q;;;;+3/p-3. The van der Waals surface area contributed by atoms with Crippen LogP contribution in [0.5, 0.6) is 0 Å². The first kappa shape index (κ1) is 40.5. The minimum Gasteiger partial charge on any atom is -1.00 e. The Morgan fingerprint density at radius 1 is 0.390 bits per heavy atom. The molecule has 3 aliphatic rings. The number of carbonyl (C=O) groups is 2. The van der Waals surface area contributed by atoms with Gasteiger partial charge >= 0.3 is 351 Å². The zero-order valence-corrected chi connectivity index (χ0v) is 35.4. The zero-order chi connectivity index (χ0) is 39.4. The summed E-state index contributed by atoms with van der Waals surface area (Å²) in [5, 5.41) is 0. The third kappa shape index (κ3) is 7.26. The molecule has 6 heteroatoms. The van der Waals surface area contributed by atoms with Gasteiger partial charge in [0.2, 0.25) is 0 Å². The zero-order valence-electron chi connectivity index (χ0n) is 33.1. The van der Waals surface area contributed by atoms with E-state index in [4.69, 9.17) is 6.64 Å². The van der Waals surface area contributed by atoms with Gasteiger partial charge in [0.25, 0.3) is 0 Å². The van der Waals surface area contributed by atoms with Crippen LogP contribution >= 0.6 is 0 Å².